The molecule has 0 bridgehead atoms. The molecule has 0 heterocycles. The second-order valence-corrected chi connectivity index (χ2v) is 5.65. The standard InChI is InChI=1S/C18H20BrNO/c1-2-16(14-9-5-3-6-10-14)18(21)20-17(13-19)15-11-7-4-8-12-15/h3-12,16-17H,2,13H2,1H3,(H,20,21). The number of rotatable bonds is 6. The molecule has 0 aromatic heterocycles. The van der Waals surface area contributed by atoms with E-state index in [2.05, 4.69) is 21.2 Å². The lowest BCUT2D eigenvalue weighted by Crippen LogP contribution is -2.33. The van der Waals surface area contributed by atoms with E-state index < -0.39 is 0 Å². The minimum atomic E-state index is -0.100. The quantitative estimate of drug-likeness (QED) is 0.770. The van der Waals surface area contributed by atoms with E-state index in [0.717, 1.165) is 17.5 Å². The van der Waals surface area contributed by atoms with Crippen LogP contribution >= 0.6 is 15.9 Å². The van der Waals surface area contributed by atoms with Crippen LogP contribution in [0.5, 0.6) is 0 Å². The molecule has 2 atom stereocenters. The van der Waals surface area contributed by atoms with Crippen molar-refractivity contribution in [3.05, 3.63) is 71.8 Å². The van der Waals surface area contributed by atoms with Gasteiger partial charge in [-0.25, -0.2) is 0 Å². The van der Waals surface area contributed by atoms with Gasteiger partial charge in [-0.1, -0.05) is 83.5 Å². The summed E-state index contributed by atoms with van der Waals surface area (Å²) < 4.78 is 0. The summed E-state index contributed by atoms with van der Waals surface area (Å²) in [6.07, 6.45) is 0.791. The largest absolute Gasteiger partial charge is 0.348 e. The molecule has 0 fully saturated rings. The number of alkyl halides is 1. The average molecular weight is 346 g/mol. The smallest absolute Gasteiger partial charge is 0.228 e. The maximum Gasteiger partial charge on any atom is 0.228 e. The van der Waals surface area contributed by atoms with Gasteiger partial charge < -0.3 is 5.32 Å². The zero-order valence-corrected chi connectivity index (χ0v) is 13.7. The lowest BCUT2D eigenvalue weighted by atomic mass is 9.95. The van der Waals surface area contributed by atoms with Gasteiger partial charge in [0.25, 0.3) is 0 Å². The van der Waals surface area contributed by atoms with E-state index in [1.54, 1.807) is 0 Å². The summed E-state index contributed by atoms with van der Waals surface area (Å²) >= 11 is 3.49. The third-order valence-electron chi connectivity index (χ3n) is 3.60. The summed E-state index contributed by atoms with van der Waals surface area (Å²) in [6, 6.07) is 20.0. The first kappa shape index (κ1) is 15.8. The lowest BCUT2D eigenvalue weighted by molar-refractivity contribution is -0.123. The molecule has 0 saturated heterocycles. The Morgan fingerprint density at radius 1 is 1.00 bits per heavy atom. The molecular weight excluding hydrogens is 326 g/mol. The molecule has 2 aromatic carbocycles. The summed E-state index contributed by atoms with van der Waals surface area (Å²) in [5.74, 6) is -0.0199. The summed E-state index contributed by atoms with van der Waals surface area (Å²) in [6.45, 7) is 2.04. The second kappa shape index (κ2) is 7.99. The van der Waals surface area contributed by atoms with Gasteiger partial charge >= 0.3 is 0 Å². The van der Waals surface area contributed by atoms with Crippen LogP contribution in [0.25, 0.3) is 0 Å². The molecule has 2 rings (SSSR count). The Morgan fingerprint density at radius 2 is 1.52 bits per heavy atom. The highest BCUT2D eigenvalue weighted by Gasteiger charge is 2.21. The molecule has 110 valence electrons. The molecule has 2 unspecified atom stereocenters. The van der Waals surface area contributed by atoms with Gasteiger partial charge in [-0.15, -0.1) is 0 Å². The highest BCUT2D eigenvalue weighted by molar-refractivity contribution is 9.09. The lowest BCUT2D eigenvalue weighted by Gasteiger charge is -2.21. The maximum absolute atomic E-state index is 12.6. The fourth-order valence-electron chi connectivity index (χ4n) is 2.43. The second-order valence-electron chi connectivity index (χ2n) is 5.00. The van der Waals surface area contributed by atoms with E-state index in [0.29, 0.717) is 5.33 Å². The highest BCUT2D eigenvalue weighted by Crippen LogP contribution is 2.22. The van der Waals surface area contributed by atoms with Crippen LogP contribution in [0.2, 0.25) is 0 Å². The van der Waals surface area contributed by atoms with Crippen LogP contribution in [0.4, 0.5) is 0 Å². The normalized spacial score (nSPS) is 13.4. The zero-order chi connectivity index (χ0) is 15.1. The van der Waals surface area contributed by atoms with Crippen molar-refractivity contribution in [1.29, 1.82) is 0 Å². The van der Waals surface area contributed by atoms with Gasteiger partial charge in [-0.3, -0.25) is 4.79 Å². The van der Waals surface area contributed by atoms with Crippen molar-refractivity contribution in [3.8, 4) is 0 Å². The molecule has 0 aliphatic heterocycles. The van der Waals surface area contributed by atoms with E-state index >= 15 is 0 Å². The fraction of sp³-hybridized carbons (Fsp3) is 0.278. The van der Waals surface area contributed by atoms with E-state index in [4.69, 9.17) is 0 Å². The van der Waals surface area contributed by atoms with Crippen molar-refractivity contribution in [1.82, 2.24) is 5.32 Å². The molecule has 21 heavy (non-hydrogen) atoms. The molecule has 2 nitrogen and oxygen atoms in total. The van der Waals surface area contributed by atoms with Crippen molar-refractivity contribution in [2.45, 2.75) is 25.3 Å². The van der Waals surface area contributed by atoms with Crippen LogP contribution in [-0.2, 0) is 4.79 Å². The molecule has 2 aromatic rings. The van der Waals surface area contributed by atoms with Crippen molar-refractivity contribution in [3.63, 3.8) is 0 Å². The van der Waals surface area contributed by atoms with Crippen molar-refractivity contribution >= 4 is 21.8 Å². The van der Waals surface area contributed by atoms with Gasteiger partial charge in [0.05, 0.1) is 12.0 Å². The molecule has 0 spiro atoms. The summed E-state index contributed by atoms with van der Waals surface area (Å²) in [4.78, 5) is 12.6. The number of hydrogen-bond acceptors (Lipinski definition) is 1. The van der Waals surface area contributed by atoms with Crippen LogP contribution in [0.3, 0.4) is 0 Å². The summed E-state index contributed by atoms with van der Waals surface area (Å²) in [5.41, 5.74) is 2.18. The summed E-state index contributed by atoms with van der Waals surface area (Å²) in [7, 11) is 0. The van der Waals surface area contributed by atoms with Crippen LogP contribution in [0, 0.1) is 0 Å². The number of carbonyl (C=O) groups is 1. The average Bonchev–Trinajstić information content (AvgIpc) is 2.55. The molecule has 0 aliphatic rings. The molecule has 1 N–H and O–H groups in total. The van der Waals surface area contributed by atoms with Gasteiger partial charge in [-0.2, -0.15) is 0 Å². The third-order valence-corrected chi connectivity index (χ3v) is 4.25. The zero-order valence-electron chi connectivity index (χ0n) is 12.1. The molecule has 0 radical (unpaired) electrons. The number of benzene rings is 2. The van der Waals surface area contributed by atoms with Gasteiger partial charge in [0, 0.05) is 5.33 Å². The Kier molecular flexibility index (Phi) is 6.00. The van der Waals surface area contributed by atoms with E-state index in [9.17, 15) is 4.79 Å². The van der Waals surface area contributed by atoms with Crippen LogP contribution in [0.1, 0.15) is 36.4 Å². The third kappa shape index (κ3) is 4.18. The molecule has 0 saturated carbocycles. The minimum absolute atomic E-state index is 0.00328. The number of nitrogens with one attached hydrogen (secondary N) is 1. The SMILES string of the molecule is CCC(C(=O)NC(CBr)c1ccccc1)c1ccccc1. The number of halogens is 1. The van der Waals surface area contributed by atoms with Crippen molar-refractivity contribution in [2.24, 2.45) is 0 Å². The molecule has 1 amide bonds. The summed E-state index contributed by atoms with van der Waals surface area (Å²) in [5, 5.41) is 3.85. The predicted octanol–water partition coefficient (Wildman–Crippen LogP) is 4.43. The van der Waals surface area contributed by atoms with E-state index in [1.165, 1.54) is 0 Å². The Labute approximate surface area is 134 Å². The van der Waals surface area contributed by atoms with E-state index in [-0.39, 0.29) is 17.9 Å². The number of carbonyl (C=O) groups excluding carboxylic acids is 1. The maximum atomic E-state index is 12.6. The van der Waals surface area contributed by atoms with Gasteiger partial charge in [0.2, 0.25) is 5.91 Å². The molecular formula is C18H20BrNO. The van der Waals surface area contributed by atoms with Gasteiger partial charge in [0.1, 0.15) is 0 Å². The van der Waals surface area contributed by atoms with Gasteiger partial charge in [-0.05, 0) is 17.5 Å². The first-order chi connectivity index (χ1) is 10.3. The first-order valence-electron chi connectivity index (χ1n) is 7.22. The Balaban J connectivity index is 2.11. The minimum Gasteiger partial charge on any atom is -0.348 e. The van der Waals surface area contributed by atoms with Crippen LogP contribution < -0.4 is 5.32 Å². The van der Waals surface area contributed by atoms with Crippen LogP contribution in [-0.4, -0.2) is 11.2 Å². The number of amides is 1. The number of hydrogen-bond donors (Lipinski definition) is 1. The van der Waals surface area contributed by atoms with Gasteiger partial charge in [0.15, 0.2) is 0 Å². The first-order valence-corrected chi connectivity index (χ1v) is 8.34. The van der Waals surface area contributed by atoms with Crippen LogP contribution in [0.15, 0.2) is 60.7 Å². The predicted molar refractivity (Wildman–Crippen MR) is 90.6 cm³/mol. The van der Waals surface area contributed by atoms with Crippen molar-refractivity contribution < 1.29 is 4.79 Å². The van der Waals surface area contributed by atoms with Crippen molar-refractivity contribution in [2.75, 3.05) is 5.33 Å². The Hall–Kier alpha value is -1.61. The highest BCUT2D eigenvalue weighted by atomic mass is 79.9. The molecule has 3 heteroatoms. The Morgan fingerprint density at radius 3 is 2.00 bits per heavy atom. The monoisotopic (exact) mass is 345 g/mol. The molecule has 0 aliphatic carbocycles. The Bertz CT molecular complexity index is 556. The van der Waals surface area contributed by atoms with E-state index in [1.807, 2.05) is 67.6 Å². The fourth-order valence-corrected chi connectivity index (χ4v) is 2.96. The topological polar surface area (TPSA) is 29.1 Å².